The number of H-pyrrole nitrogens is 1. The summed E-state index contributed by atoms with van der Waals surface area (Å²) in [5.74, 6) is 1.62. The van der Waals surface area contributed by atoms with Crippen LogP contribution in [0.15, 0.2) is 18.2 Å². The number of alkyl halides is 1. The minimum absolute atomic E-state index is 0.140. The van der Waals surface area contributed by atoms with Crippen LogP contribution in [0.3, 0.4) is 0 Å². The third-order valence-electron chi connectivity index (χ3n) is 4.04. The number of hydrogen-bond acceptors (Lipinski definition) is 5. The Kier molecular flexibility index (Phi) is 5.06. The van der Waals surface area contributed by atoms with Crippen LogP contribution in [0.4, 0.5) is 8.78 Å². The van der Waals surface area contributed by atoms with Crippen molar-refractivity contribution in [2.45, 2.75) is 31.7 Å². The lowest BCUT2D eigenvalue weighted by Crippen LogP contribution is -2.19. The molecule has 2 aromatic rings. The summed E-state index contributed by atoms with van der Waals surface area (Å²) in [4.78, 5) is 6.40. The molecule has 3 rings (SSSR count). The second-order valence-electron chi connectivity index (χ2n) is 6.06. The summed E-state index contributed by atoms with van der Waals surface area (Å²) < 4.78 is 31.9. The molecule has 0 unspecified atom stereocenters. The van der Waals surface area contributed by atoms with E-state index in [0.717, 1.165) is 5.56 Å². The largest absolute Gasteiger partial charge is 0.496 e. The van der Waals surface area contributed by atoms with E-state index in [4.69, 9.17) is 4.74 Å². The molecule has 0 saturated carbocycles. The molecule has 2 atom stereocenters. The molecule has 1 aromatic heterocycles. The van der Waals surface area contributed by atoms with Crippen molar-refractivity contribution in [3.05, 3.63) is 41.2 Å². The molecule has 2 N–H and O–H groups in total. The van der Waals surface area contributed by atoms with Gasteiger partial charge in [0.2, 0.25) is 0 Å². The van der Waals surface area contributed by atoms with Crippen LogP contribution in [0.25, 0.3) is 0 Å². The monoisotopic (exact) mass is 337 g/mol. The number of nitrogens with one attached hydrogen (secondary N) is 2. The van der Waals surface area contributed by atoms with Crippen molar-refractivity contribution in [1.29, 1.82) is 0 Å². The molecule has 0 bridgehead atoms. The number of aromatic nitrogens is 3. The van der Waals surface area contributed by atoms with Crippen molar-refractivity contribution in [3.8, 4) is 5.75 Å². The second-order valence-corrected chi connectivity index (χ2v) is 6.06. The Morgan fingerprint density at radius 3 is 2.92 bits per heavy atom. The van der Waals surface area contributed by atoms with E-state index < -0.39 is 6.17 Å². The van der Waals surface area contributed by atoms with Crippen LogP contribution in [0.5, 0.6) is 5.75 Å². The van der Waals surface area contributed by atoms with E-state index in [2.05, 4.69) is 20.5 Å². The molecule has 1 saturated heterocycles. The van der Waals surface area contributed by atoms with Gasteiger partial charge in [0.05, 0.1) is 19.7 Å². The van der Waals surface area contributed by atoms with Gasteiger partial charge in [0, 0.05) is 25.1 Å². The van der Waals surface area contributed by atoms with Gasteiger partial charge in [-0.15, -0.1) is 0 Å². The molecular weight excluding hydrogens is 316 g/mol. The minimum atomic E-state index is -0.847. The highest BCUT2D eigenvalue weighted by Gasteiger charge is 2.27. The van der Waals surface area contributed by atoms with E-state index in [-0.39, 0.29) is 11.9 Å². The van der Waals surface area contributed by atoms with Crippen molar-refractivity contribution in [2.24, 2.45) is 0 Å². The summed E-state index contributed by atoms with van der Waals surface area (Å²) >= 11 is 0. The first-order valence-electron chi connectivity index (χ1n) is 7.84. The fourth-order valence-corrected chi connectivity index (χ4v) is 2.90. The normalized spacial score (nSPS) is 20.7. The Bertz CT molecular complexity index is 693. The van der Waals surface area contributed by atoms with Gasteiger partial charge < -0.3 is 10.1 Å². The van der Waals surface area contributed by atoms with Crippen molar-refractivity contribution in [3.63, 3.8) is 0 Å². The van der Waals surface area contributed by atoms with E-state index in [1.807, 2.05) is 11.9 Å². The smallest absolute Gasteiger partial charge is 0.167 e. The van der Waals surface area contributed by atoms with Gasteiger partial charge in [-0.2, -0.15) is 5.10 Å². The maximum absolute atomic E-state index is 13.4. The van der Waals surface area contributed by atoms with E-state index >= 15 is 0 Å². The SMILES string of the molecule is COc1ccc(F)cc1CN(C)Cc1nc([C@H]2C[C@H](F)CN2)n[nH]1. The summed E-state index contributed by atoms with van der Waals surface area (Å²) in [7, 11) is 3.46. The van der Waals surface area contributed by atoms with Gasteiger partial charge in [0.15, 0.2) is 5.82 Å². The van der Waals surface area contributed by atoms with Crippen LogP contribution in [0.1, 0.15) is 29.7 Å². The number of aromatic amines is 1. The molecule has 1 aromatic carbocycles. The van der Waals surface area contributed by atoms with Gasteiger partial charge in [-0.3, -0.25) is 10.00 Å². The first-order valence-corrected chi connectivity index (χ1v) is 7.84. The number of ether oxygens (including phenoxy) is 1. The summed E-state index contributed by atoms with van der Waals surface area (Å²) in [6.07, 6.45) is -0.451. The van der Waals surface area contributed by atoms with Crippen molar-refractivity contribution in [2.75, 3.05) is 20.7 Å². The predicted molar refractivity (Wildman–Crippen MR) is 84.8 cm³/mol. The van der Waals surface area contributed by atoms with Gasteiger partial charge in [-0.05, 0) is 25.2 Å². The number of methoxy groups -OCH3 is 1. The quantitative estimate of drug-likeness (QED) is 0.843. The molecule has 0 aliphatic carbocycles. The van der Waals surface area contributed by atoms with E-state index in [0.29, 0.717) is 43.5 Å². The Balaban J connectivity index is 1.62. The van der Waals surface area contributed by atoms with Gasteiger partial charge in [-0.1, -0.05) is 0 Å². The van der Waals surface area contributed by atoms with Gasteiger partial charge in [-0.25, -0.2) is 13.8 Å². The number of nitrogens with zero attached hydrogens (tertiary/aromatic N) is 3. The molecule has 130 valence electrons. The lowest BCUT2D eigenvalue weighted by atomic mass is 10.2. The number of hydrogen-bond donors (Lipinski definition) is 2. The summed E-state index contributed by atoms with van der Waals surface area (Å²) in [6, 6.07) is 4.31. The van der Waals surface area contributed by atoms with Crippen molar-refractivity contribution >= 4 is 0 Å². The minimum Gasteiger partial charge on any atom is -0.496 e. The molecule has 1 fully saturated rings. The van der Waals surface area contributed by atoms with Crippen LogP contribution in [0, 0.1) is 5.82 Å². The molecule has 8 heteroatoms. The Morgan fingerprint density at radius 1 is 1.38 bits per heavy atom. The zero-order valence-corrected chi connectivity index (χ0v) is 13.7. The molecule has 1 aliphatic rings. The van der Waals surface area contributed by atoms with Crippen molar-refractivity contribution in [1.82, 2.24) is 25.4 Å². The number of rotatable bonds is 6. The lowest BCUT2D eigenvalue weighted by molar-refractivity contribution is 0.302. The summed E-state index contributed by atoms with van der Waals surface area (Å²) in [5, 5.41) is 10.1. The summed E-state index contributed by atoms with van der Waals surface area (Å²) in [5.41, 5.74) is 0.762. The molecular formula is C16H21F2N5O. The first-order chi connectivity index (χ1) is 11.5. The van der Waals surface area contributed by atoms with Gasteiger partial charge in [0.1, 0.15) is 23.6 Å². The van der Waals surface area contributed by atoms with E-state index in [1.165, 1.54) is 12.1 Å². The highest BCUT2D eigenvalue weighted by Crippen LogP contribution is 2.23. The van der Waals surface area contributed by atoms with Gasteiger partial charge >= 0.3 is 0 Å². The summed E-state index contributed by atoms with van der Waals surface area (Å²) in [6.45, 7) is 1.36. The van der Waals surface area contributed by atoms with Crippen LogP contribution < -0.4 is 10.1 Å². The third kappa shape index (κ3) is 3.88. The molecule has 2 heterocycles. The Labute approximate surface area is 139 Å². The Morgan fingerprint density at radius 2 is 2.21 bits per heavy atom. The standard InChI is InChI=1S/C16H21F2N5O/c1-23(8-10-5-11(17)3-4-14(10)24-2)9-15-20-16(22-21-15)13-6-12(18)7-19-13/h3-5,12-13,19H,6-9H2,1-2H3,(H,20,21,22)/t12-,13+/m0/s1. The maximum Gasteiger partial charge on any atom is 0.167 e. The molecule has 6 nitrogen and oxygen atoms in total. The van der Waals surface area contributed by atoms with Gasteiger partial charge in [0.25, 0.3) is 0 Å². The predicted octanol–water partition coefficient (Wildman–Crippen LogP) is 1.96. The Hall–Kier alpha value is -2.06. The zero-order valence-electron chi connectivity index (χ0n) is 13.7. The van der Waals surface area contributed by atoms with Crippen molar-refractivity contribution < 1.29 is 13.5 Å². The highest BCUT2D eigenvalue weighted by atomic mass is 19.1. The number of halogens is 2. The topological polar surface area (TPSA) is 66.1 Å². The van der Waals surface area contributed by atoms with Crippen LogP contribution in [0.2, 0.25) is 0 Å². The zero-order chi connectivity index (χ0) is 17.1. The molecule has 0 amide bonds. The fourth-order valence-electron chi connectivity index (χ4n) is 2.90. The average molecular weight is 337 g/mol. The molecule has 24 heavy (non-hydrogen) atoms. The molecule has 0 radical (unpaired) electrons. The van der Waals surface area contributed by atoms with E-state index in [1.54, 1.807) is 13.2 Å². The van der Waals surface area contributed by atoms with Crippen LogP contribution in [-0.4, -0.2) is 47.0 Å². The second kappa shape index (κ2) is 7.23. The molecule has 1 aliphatic heterocycles. The first kappa shape index (κ1) is 16.8. The van der Waals surface area contributed by atoms with Crippen LogP contribution >= 0.6 is 0 Å². The third-order valence-corrected chi connectivity index (χ3v) is 4.04. The lowest BCUT2D eigenvalue weighted by Gasteiger charge is -2.17. The van der Waals surface area contributed by atoms with E-state index in [9.17, 15) is 8.78 Å². The average Bonchev–Trinajstić information content (AvgIpc) is 3.16. The maximum atomic E-state index is 13.4. The van der Waals surface area contributed by atoms with Crippen LogP contribution in [-0.2, 0) is 13.1 Å². The fraction of sp³-hybridized carbons (Fsp3) is 0.500. The highest BCUT2D eigenvalue weighted by molar-refractivity contribution is 5.33. The molecule has 0 spiro atoms. The number of benzene rings is 1.